The van der Waals surface area contributed by atoms with Crippen molar-refractivity contribution in [2.24, 2.45) is 5.92 Å². The molecule has 1 atom stereocenters. The molecule has 17 heavy (non-hydrogen) atoms. The molecule has 98 valence electrons. The lowest BCUT2D eigenvalue weighted by Gasteiger charge is -2.36. The summed E-state index contributed by atoms with van der Waals surface area (Å²) in [5, 5.41) is 4.72. The van der Waals surface area contributed by atoms with Crippen molar-refractivity contribution in [2.75, 3.05) is 20.3 Å². The standard InChI is InChI=1S/C13H24N2OS/c1-7-14-13(8-16-6,9(2)3)12-15-10(4)11(5)17-12/h9,14H,7-8H2,1-6H3. The molecule has 0 aliphatic carbocycles. The highest BCUT2D eigenvalue weighted by Gasteiger charge is 2.38. The van der Waals surface area contributed by atoms with E-state index in [1.54, 1.807) is 18.4 Å². The Hall–Kier alpha value is -0.450. The fourth-order valence-corrected chi connectivity index (χ4v) is 3.23. The van der Waals surface area contributed by atoms with Crippen molar-refractivity contribution in [3.63, 3.8) is 0 Å². The molecule has 1 unspecified atom stereocenters. The van der Waals surface area contributed by atoms with Gasteiger partial charge in [0.15, 0.2) is 0 Å². The number of nitrogens with one attached hydrogen (secondary N) is 1. The highest BCUT2D eigenvalue weighted by atomic mass is 32.1. The predicted molar refractivity (Wildman–Crippen MR) is 73.7 cm³/mol. The van der Waals surface area contributed by atoms with Crippen LogP contribution in [0.3, 0.4) is 0 Å². The van der Waals surface area contributed by atoms with Crippen LogP contribution in [-0.2, 0) is 10.3 Å². The largest absolute Gasteiger partial charge is 0.382 e. The molecular weight excluding hydrogens is 232 g/mol. The number of rotatable bonds is 6. The number of hydrogen-bond acceptors (Lipinski definition) is 4. The Balaban J connectivity index is 3.19. The zero-order valence-corrected chi connectivity index (χ0v) is 12.6. The first-order chi connectivity index (χ1) is 7.97. The van der Waals surface area contributed by atoms with Gasteiger partial charge in [-0.2, -0.15) is 0 Å². The van der Waals surface area contributed by atoms with Gasteiger partial charge in [0.2, 0.25) is 0 Å². The average molecular weight is 256 g/mol. The minimum Gasteiger partial charge on any atom is -0.382 e. The topological polar surface area (TPSA) is 34.1 Å². The van der Waals surface area contributed by atoms with Crippen LogP contribution in [0.1, 0.15) is 36.3 Å². The second-order valence-corrected chi connectivity index (χ2v) is 5.95. The quantitative estimate of drug-likeness (QED) is 0.850. The van der Waals surface area contributed by atoms with Crippen LogP contribution in [0.5, 0.6) is 0 Å². The summed E-state index contributed by atoms with van der Waals surface area (Å²) in [5.41, 5.74) is 0.969. The number of hydrogen-bond donors (Lipinski definition) is 1. The third-order valence-electron chi connectivity index (χ3n) is 3.26. The molecule has 0 radical (unpaired) electrons. The van der Waals surface area contributed by atoms with E-state index in [0.29, 0.717) is 12.5 Å². The molecule has 1 aromatic rings. The van der Waals surface area contributed by atoms with E-state index >= 15 is 0 Å². The minimum absolute atomic E-state index is 0.160. The lowest BCUT2D eigenvalue weighted by Crippen LogP contribution is -2.50. The number of aromatic nitrogens is 1. The SMILES string of the molecule is CCNC(COC)(c1nc(C)c(C)s1)C(C)C. The first-order valence-corrected chi connectivity index (χ1v) is 6.98. The van der Waals surface area contributed by atoms with Crippen LogP contribution < -0.4 is 5.32 Å². The number of nitrogens with zero attached hydrogens (tertiary/aromatic N) is 1. The van der Waals surface area contributed by atoms with E-state index in [1.165, 1.54) is 4.88 Å². The van der Waals surface area contributed by atoms with E-state index in [1.807, 2.05) is 0 Å². The minimum atomic E-state index is -0.160. The van der Waals surface area contributed by atoms with Crippen molar-refractivity contribution in [2.45, 2.75) is 40.2 Å². The Labute approximate surface area is 109 Å². The molecule has 0 aliphatic heterocycles. The highest BCUT2D eigenvalue weighted by Crippen LogP contribution is 2.34. The van der Waals surface area contributed by atoms with Gasteiger partial charge in [-0.3, -0.25) is 0 Å². The van der Waals surface area contributed by atoms with Crippen molar-refractivity contribution in [1.29, 1.82) is 0 Å². The van der Waals surface area contributed by atoms with Gasteiger partial charge in [0, 0.05) is 12.0 Å². The van der Waals surface area contributed by atoms with Crippen LogP contribution >= 0.6 is 11.3 Å². The van der Waals surface area contributed by atoms with Gasteiger partial charge < -0.3 is 10.1 Å². The summed E-state index contributed by atoms with van der Waals surface area (Å²) in [6.45, 7) is 12.3. The average Bonchev–Trinajstić information content (AvgIpc) is 2.58. The monoisotopic (exact) mass is 256 g/mol. The molecule has 1 rings (SSSR count). The first kappa shape index (κ1) is 14.6. The van der Waals surface area contributed by atoms with Crippen molar-refractivity contribution < 1.29 is 4.74 Å². The molecule has 0 saturated heterocycles. The number of aryl methyl sites for hydroxylation is 2. The fraction of sp³-hybridized carbons (Fsp3) is 0.769. The number of likely N-dealkylation sites (N-methyl/N-ethyl adjacent to an activating group) is 1. The summed E-state index contributed by atoms with van der Waals surface area (Å²) in [6.07, 6.45) is 0. The van der Waals surface area contributed by atoms with Crippen molar-refractivity contribution >= 4 is 11.3 Å². The third kappa shape index (κ3) is 2.87. The Kier molecular flexibility index (Phi) is 5.10. The Bertz CT molecular complexity index is 335. The first-order valence-electron chi connectivity index (χ1n) is 6.16. The molecule has 1 N–H and O–H groups in total. The van der Waals surface area contributed by atoms with Crippen LogP contribution in [-0.4, -0.2) is 25.2 Å². The third-order valence-corrected chi connectivity index (χ3v) is 4.51. The van der Waals surface area contributed by atoms with Crippen molar-refractivity contribution in [3.8, 4) is 0 Å². The summed E-state index contributed by atoms with van der Waals surface area (Å²) in [7, 11) is 1.75. The second kappa shape index (κ2) is 5.94. The number of thiazole rings is 1. The Morgan fingerprint density at radius 1 is 1.41 bits per heavy atom. The zero-order valence-electron chi connectivity index (χ0n) is 11.8. The van der Waals surface area contributed by atoms with Crippen LogP contribution in [0, 0.1) is 19.8 Å². The van der Waals surface area contributed by atoms with E-state index < -0.39 is 0 Å². The molecule has 4 heteroatoms. The van der Waals surface area contributed by atoms with Crippen molar-refractivity contribution in [3.05, 3.63) is 15.6 Å². The van der Waals surface area contributed by atoms with Gasteiger partial charge in [-0.25, -0.2) is 4.98 Å². The maximum Gasteiger partial charge on any atom is 0.116 e. The van der Waals surface area contributed by atoms with Gasteiger partial charge >= 0.3 is 0 Å². The summed E-state index contributed by atoms with van der Waals surface area (Å²) in [4.78, 5) is 6.01. The van der Waals surface area contributed by atoms with Gasteiger partial charge in [-0.1, -0.05) is 20.8 Å². The van der Waals surface area contributed by atoms with Crippen LogP contribution in [0.15, 0.2) is 0 Å². The molecule has 3 nitrogen and oxygen atoms in total. The predicted octanol–water partition coefficient (Wildman–Crippen LogP) is 2.87. The molecule has 0 saturated carbocycles. The summed E-state index contributed by atoms with van der Waals surface area (Å²) in [5.74, 6) is 0.437. The van der Waals surface area contributed by atoms with Crippen molar-refractivity contribution in [1.82, 2.24) is 10.3 Å². The van der Waals surface area contributed by atoms with Gasteiger partial charge in [-0.15, -0.1) is 11.3 Å². The van der Waals surface area contributed by atoms with Crippen LogP contribution in [0.2, 0.25) is 0 Å². The van der Waals surface area contributed by atoms with E-state index in [9.17, 15) is 0 Å². The molecule has 0 spiro atoms. The Morgan fingerprint density at radius 2 is 2.06 bits per heavy atom. The lowest BCUT2D eigenvalue weighted by molar-refractivity contribution is 0.0773. The van der Waals surface area contributed by atoms with Gasteiger partial charge in [0.1, 0.15) is 5.01 Å². The molecule has 0 aromatic carbocycles. The molecule has 1 heterocycles. The van der Waals surface area contributed by atoms with Crippen LogP contribution in [0.25, 0.3) is 0 Å². The van der Waals surface area contributed by atoms with Gasteiger partial charge in [0.05, 0.1) is 17.8 Å². The Morgan fingerprint density at radius 3 is 2.41 bits per heavy atom. The second-order valence-electron chi connectivity index (χ2n) is 4.75. The van der Waals surface area contributed by atoms with E-state index in [0.717, 1.165) is 17.2 Å². The summed E-state index contributed by atoms with van der Waals surface area (Å²) < 4.78 is 5.43. The van der Waals surface area contributed by atoms with Gasteiger partial charge in [0.25, 0.3) is 0 Å². The summed E-state index contributed by atoms with van der Waals surface area (Å²) in [6, 6.07) is 0. The van der Waals surface area contributed by atoms with E-state index in [4.69, 9.17) is 9.72 Å². The molecule has 1 aromatic heterocycles. The zero-order chi connectivity index (χ0) is 13.1. The van der Waals surface area contributed by atoms with Gasteiger partial charge in [-0.05, 0) is 26.3 Å². The smallest absolute Gasteiger partial charge is 0.116 e. The molecule has 0 bridgehead atoms. The molecule has 0 aliphatic rings. The highest BCUT2D eigenvalue weighted by molar-refractivity contribution is 7.11. The molecular formula is C13H24N2OS. The number of ether oxygens (including phenoxy) is 1. The van der Waals surface area contributed by atoms with Crippen LogP contribution in [0.4, 0.5) is 0 Å². The fourth-order valence-electron chi connectivity index (χ4n) is 2.01. The maximum atomic E-state index is 5.43. The summed E-state index contributed by atoms with van der Waals surface area (Å²) >= 11 is 1.78. The number of methoxy groups -OCH3 is 1. The molecule has 0 amide bonds. The van der Waals surface area contributed by atoms with E-state index in [2.05, 4.69) is 39.9 Å². The molecule has 0 fully saturated rings. The maximum absolute atomic E-state index is 5.43. The normalized spacial score (nSPS) is 15.2. The van der Waals surface area contributed by atoms with E-state index in [-0.39, 0.29) is 5.54 Å². The lowest BCUT2D eigenvalue weighted by atomic mass is 9.87.